The van der Waals surface area contributed by atoms with Crippen LogP contribution in [-0.4, -0.2) is 79.1 Å². The number of aromatic nitrogens is 2. The fraction of sp³-hybridized carbons (Fsp3) is 0.192. The highest BCUT2D eigenvalue weighted by Crippen LogP contribution is 2.44. The van der Waals surface area contributed by atoms with Gasteiger partial charge >= 0.3 is 10.1 Å². The highest BCUT2D eigenvalue weighted by Gasteiger charge is 2.32. The summed E-state index contributed by atoms with van der Waals surface area (Å²) >= 11 is 0. The molecule has 18 nitrogen and oxygen atoms in total. The Labute approximate surface area is 460 Å². The van der Waals surface area contributed by atoms with Crippen molar-refractivity contribution in [1.29, 1.82) is 0 Å². The van der Waals surface area contributed by atoms with Crippen molar-refractivity contribution in [2.45, 2.75) is 45.5 Å². The molecule has 0 amide bonds. The molecule has 2 aromatic heterocycles. The number of phenolic OH excluding ortho intramolecular Hbond substituents is 1. The van der Waals surface area contributed by atoms with E-state index in [-0.39, 0.29) is 75.2 Å². The van der Waals surface area contributed by atoms with Crippen molar-refractivity contribution in [2.75, 3.05) is 40.3 Å². The molecule has 25 heteroatoms. The number of phenols is 1. The zero-order chi connectivity index (χ0) is 53.2. The largest absolute Gasteiger partial charge is 0.504 e. The molecule has 0 saturated carbocycles. The maximum absolute atomic E-state index is 13.2. The summed E-state index contributed by atoms with van der Waals surface area (Å²) in [6.45, 7) is 2.01. The van der Waals surface area contributed by atoms with Crippen LogP contribution in [0.25, 0.3) is 44.1 Å². The van der Waals surface area contributed by atoms with E-state index in [2.05, 4.69) is 22.8 Å². The van der Waals surface area contributed by atoms with Crippen LogP contribution in [0.1, 0.15) is 11.1 Å². The molecule has 404 valence electrons. The van der Waals surface area contributed by atoms with Crippen molar-refractivity contribution in [2.24, 2.45) is 0 Å². The van der Waals surface area contributed by atoms with Gasteiger partial charge in [-0.2, -0.15) is 17.6 Å². The minimum Gasteiger partial charge on any atom is -0.504 e. The molecule has 8 aromatic rings. The van der Waals surface area contributed by atoms with E-state index in [1.165, 1.54) is 49.1 Å². The third-order valence-electron chi connectivity index (χ3n) is 12.9. The second-order valence-corrected chi connectivity index (χ2v) is 25.8. The molecule has 0 spiro atoms. The Morgan fingerprint density at radius 2 is 0.922 bits per heavy atom. The van der Waals surface area contributed by atoms with E-state index in [9.17, 15) is 38.8 Å². The Balaban J connectivity index is 0.000000168. The average Bonchev–Trinajstić information content (AvgIpc) is 4.06. The van der Waals surface area contributed by atoms with Crippen LogP contribution < -0.4 is 41.7 Å². The molecule has 1 N–H and O–H groups in total. The standard InChI is InChI=1S/C26H22NO8S2.C19H15NO4.C7H7ClO4S2.2ClH/c1-32-23-8-3-16-11-22-20-13-25-24(33-15-34-25)12-17(20)9-10-27(22)14-21(16)26(23)35-37(30,31)19-6-4-18(5-7-19)36(2,28)29;1-22-16-3-2-11-6-15-13-8-18-17(23-10-24-18)7-12(13)4-5-20(15)9-14(11)19(16)21;1-13(9,10)6-2-4-7(5-3-6)14(8,11)12;;/h3-8,11-14H,9-10,15H2,1-2H3;2-3,6-9H,4-5,10H2,1H3;2-5H,1H3;2*1H/q+1;;;;/p+1. The topological polar surface area (TPSA) is 229 Å². The molecule has 4 aliphatic heterocycles. The number of benzene rings is 6. The summed E-state index contributed by atoms with van der Waals surface area (Å²) in [7, 11) is -6.81. The average molecular weight is 1190 g/mol. The van der Waals surface area contributed by atoms with Gasteiger partial charge in [-0.1, -0.05) is 0 Å². The third-order valence-corrected chi connectivity index (χ3v) is 17.7. The van der Waals surface area contributed by atoms with Crippen molar-refractivity contribution in [1.82, 2.24) is 0 Å². The van der Waals surface area contributed by atoms with E-state index < -0.39 is 38.8 Å². The molecule has 0 aliphatic carbocycles. The highest BCUT2D eigenvalue weighted by atomic mass is 35.7. The Morgan fingerprint density at radius 3 is 1.36 bits per heavy atom. The summed E-state index contributed by atoms with van der Waals surface area (Å²) in [6, 6.07) is 29.1. The number of methoxy groups -OCH3 is 2. The molecule has 0 fully saturated rings. The Kier molecular flexibility index (Phi) is 15.8. The number of pyridine rings is 2. The lowest BCUT2D eigenvalue weighted by Crippen LogP contribution is -2.40. The van der Waals surface area contributed by atoms with Crippen LogP contribution in [0.15, 0.2) is 141 Å². The lowest BCUT2D eigenvalue weighted by atomic mass is 9.95. The normalized spacial score (nSPS) is 13.6. The summed E-state index contributed by atoms with van der Waals surface area (Å²) in [5.41, 5.74) is 6.66. The van der Waals surface area contributed by atoms with Crippen molar-refractivity contribution in [3.05, 3.63) is 133 Å². The summed E-state index contributed by atoms with van der Waals surface area (Å²) in [5, 5.41) is 13.5. The molecular weight excluding hydrogens is 1140 g/mol. The lowest BCUT2D eigenvalue weighted by Gasteiger charge is -2.18. The van der Waals surface area contributed by atoms with Gasteiger partial charge in [-0.25, -0.2) is 25.3 Å². The number of fused-ring (bicyclic) bond motifs is 10. The summed E-state index contributed by atoms with van der Waals surface area (Å²) < 4.78 is 136. The summed E-state index contributed by atoms with van der Waals surface area (Å²) in [4.78, 5) is -0.220. The first-order chi connectivity index (χ1) is 35.6. The van der Waals surface area contributed by atoms with Crippen molar-refractivity contribution < 1.29 is 80.5 Å². The monoisotopic (exact) mass is 1190 g/mol. The minimum atomic E-state index is -4.29. The molecule has 77 heavy (non-hydrogen) atoms. The minimum absolute atomic E-state index is 0. The van der Waals surface area contributed by atoms with Gasteiger partial charge in [0.15, 0.2) is 91.2 Å². The van der Waals surface area contributed by atoms with E-state index in [1.807, 2.05) is 47.3 Å². The number of rotatable bonds is 8. The lowest BCUT2D eigenvalue weighted by molar-refractivity contribution is -0.686. The number of halogens is 3. The third kappa shape index (κ3) is 11.3. The summed E-state index contributed by atoms with van der Waals surface area (Å²) in [5.74, 6) is 4.03. The maximum Gasteiger partial charge on any atom is 0.339 e. The predicted molar refractivity (Wildman–Crippen MR) is 288 cm³/mol. The Hall–Kier alpha value is -6.79. The molecule has 0 bridgehead atoms. The number of hydrogen-bond donors (Lipinski definition) is 1. The van der Waals surface area contributed by atoms with E-state index >= 15 is 0 Å². The molecule has 0 atom stereocenters. The van der Waals surface area contributed by atoms with Crippen molar-refractivity contribution in [3.63, 3.8) is 0 Å². The molecule has 6 heterocycles. The Morgan fingerprint density at radius 1 is 0.519 bits per heavy atom. The Bertz CT molecular complexity index is 4080. The number of hydrogen-bond acceptors (Lipinski definition) is 16. The molecule has 4 aliphatic rings. The quantitative estimate of drug-likeness (QED) is 0.0865. The zero-order valence-electron chi connectivity index (χ0n) is 41.1. The van der Waals surface area contributed by atoms with Gasteiger partial charge in [0.05, 0.1) is 50.8 Å². The first-order valence-electron chi connectivity index (χ1n) is 22.7. The second kappa shape index (κ2) is 21.6. The van der Waals surface area contributed by atoms with Gasteiger partial charge in [-0.15, -0.1) is 24.8 Å². The van der Waals surface area contributed by atoms with E-state index in [0.717, 1.165) is 106 Å². The van der Waals surface area contributed by atoms with Crippen molar-refractivity contribution >= 4 is 95.9 Å². The van der Waals surface area contributed by atoms with Crippen LogP contribution in [-0.2, 0) is 64.8 Å². The first-order valence-corrected chi connectivity index (χ1v) is 30.2. The van der Waals surface area contributed by atoms with Crippen LogP contribution in [0.2, 0.25) is 0 Å². The van der Waals surface area contributed by atoms with Crippen molar-refractivity contribution in [3.8, 4) is 68.5 Å². The molecule has 0 saturated heterocycles. The van der Waals surface area contributed by atoms with Crippen LogP contribution in [0.5, 0.6) is 46.0 Å². The number of aryl methyl sites for hydroxylation is 4. The fourth-order valence-corrected chi connectivity index (χ4v) is 12.1. The van der Waals surface area contributed by atoms with Gasteiger partial charge in [0, 0.05) is 48.2 Å². The van der Waals surface area contributed by atoms with Gasteiger partial charge in [-0.3, -0.25) is 0 Å². The molecule has 6 aromatic carbocycles. The molecule has 12 rings (SSSR count). The van der Waals surface area contributed by atoms with Crippen LogP contribution >= 0.6 is 35.5 Å². The first kappa shape index (κ1) is 56.4. The highest BCUT2D eigenvalue weighted by molar-refractivity contribution is 8.13. The number of ether oxygens (including phenoxy) is 6. The van der Waals surface area contributed by atoms with Gasteiger partial charge in [0.2, 0.25) is 25.0 Å². The van der Waals surface area contributed by atoms with Gasteiger partial charge in [-0.05, 0) is 119 Å². The number of nitrogens with zero attached hydrogens (tertiary/aromatic N) is 2. The summed E-state index contributed by atoms with van der Waals surface area (Å²) in [6.07, 6.45) is 7.63. The zero-order valence-corrected chi connectivity index (χ0v) is 46.7. The predicted octanol–water partition coefficient (Wildman–Crippen LogP) is 7.91. The number of sulfone groups is 2. The molecule has 0 radical (unpaired) electrons. The van der Waals surface area contributed by atoms with Crippen LogP contribution in [0.3, 0.4) is 0 Å². The van der Waals surface area contributed by atoms with Gasteiger partial charge in [0.25, 0.3) is 9.05 Å². The molecular formula is C52H47Cl3N2O16S4+2. The molecule has 0 unspecified atom stereocenters. The van der Waals surface area contributed by atoms with Crippen LogP contribution in [0, 0.1) is 0 Å². The SMILES string of the molecule is COc1ccc2cc3[n+](cc2c1O)CCc1cc2c(cc1-3)OCO2.COc1ccc2cc3[n+](cc2c1OS(=O)(=O)c1ccc(S(C)(=O)=O)cc1)CCc1cc2c(cc1-3)OCO2.CS(=O)(=O)c1ccc(S(=O)(=O)Cl)cc1.Cl.Cl. The van der Waals surface area contributed by atoms with Gasteiger partial charge in [0.1, 0.15) is 4.90 Å². The maximum atomic E-state index is 13.2. The second-order valence-electron chi connectivity index (χ2n) is 17.6. The van der Waals surface area contributed by atoms with E-state index in [0.29, 0.717) is 23.4 Å². The fourth-order valence-electron chi connectivity index (χ4n) is 9.08. The van der Waals surface area contributed by atoms with Gasteiger partial charge < -0.3 is 37.7 Å². The smallest absolute Gasteiger partial charge is 0.339 e. The van der Waals surface area contributed by atoms with E-state index in [4.69, 9.17) is 43.3 Å². The van der Waals surface area contributed by atoms with E-state index in [1.54, 1.807) is 19.2 Å². The number of aromatic hydroxyl groups is 1. The van der Waals surface area contributed by atoms with Crippen LogP contribution in [0.4, 0.5) is 0 Å².